The SMILES string of the molecule is CN(CCOc1ccc(CNC2CC2)cc1)C1CCC1. The molecule has 1 N–H and O–H groups in total. The van der Waals surface area contributed by atoms with Gasteiger partial charge in [0.2, 0.25) is 0 Å². The van der Waals surface area contributed by atoms with Crippen molar-refractivity contribution in [2.45, 2.75) is 50.7 Å². The van der Waals surface area contributed by atoms with E-state index in [1.165, 1.54) is 37.7 Å². The van der Waals surface area contributed by atoms with Gasteiger partial charge < -0.3 is 15.0 Å². The zero-order chi connectivity index (χ0) is 13.8. The van der Waals surface area contributed by atoms with E-state index in [0.717, 1.165) is 37.5 Å². The lowest BCUT2D eigenvalue weighted by Gasteiger charge is -2.34. The van der Waals surface area contributed by atoms with Crippen LogP contribution in [0, 0.1) is 0 Å². The lowest BCUT2D eigenvalue weighted by Crippen LogP contribution is -2.39. The van der Waals surface area contributed by atoms with Crippen LogP contribution in [0.4, 0.5) is 0 Å². The summed E-state index contributed by atoms with van der Waals surface area (Å²) in [5.74, 6) is 0.988. The Bertz CT molecular complexity index is 410. The summed E-state index contributed by atoms with van der Waals surface area (Å²) in [5, 5.41) is 3.53. The summed E-state index contributed by atoms with van der Waals surface area (Å²) in [6, 6.07) is 10.1. The summed E-state index contributed by atoms with van der Waals surface area (Å²) in [6.07, 6.45) is 6.80. The number of hydrogen-bond acceptors (Lipinski definition) is 3. The maximum atomic E-state index is 5.83. The molecule has 0 atom stereocenters. The Morgan fingerprint density at radius 3 is 2.50 bits per heavy atom. The Morgan fingerprint density at radius 2 is 1.90 bits per heavy atom. The highest BCUT2D eigenvalue weighted by Gasteiger charge is 2.21. The number of hydrogen-bond donors (Lipinski definition) is 1. The van der Waals surface area contributed by atoms with Gasteiger partial charge in [-0.2, -0.15) is 0 Å². The van der Waals surface area contributed by atoms with Gasteiger partial charge in [0.05, 0.1) is 0 Å². The summed E-state index contributed by atoms with van der Waals surface area (Å²) in [5.41, 5.74) is 1.34. The second kappa shape index (κ2) is 6.59. The molecule has 0 saturated heterocycles. The maximum Gasteiger partial charge on any atom is 0.119 e. The Morgan fingerprint density at radius 1 is 1.15 bits per heavy atom. The van der Waals surface area contributed by atoms with Gasteiger partial charge in [-0.1, -0.05) is 18.6 Å². The molecule has 0 bridgehead atoms. The van der Waals surface area contributed by atoms with Crippen LogP contribution in [0.5, 0.6) is 5.75 Å². The van der Waals surface area contributed by atoms with Crippen molar-refractivity contribution in [1.82, 2.24) is 10.2 Å². The summed E-state index contributed by atoms with van der Waals surface area (Å²) < 4.78 is 5.83. The van der Waals surface area contributed by atoms with E-state index >= 15 is 0 Å². The minimum Gasteiger partial charge on any atom is -0.492 e. The van der Waals surface area contributed by atoms with Crippen LogP contribution in [-0.4, -0.2) is 37.2 Å². The molecule has 110 valence electrons. The minimum atomic E-state index is 0.771. The molecule has 0 heterocycles. The number of rotatable bonds is 8. The van der Waals surface area contributed by atoms with Crippen LogP contribution in [-0.2, 0) is 6.54 Å². The highest BCUT2D eigenvalue weighted by Crippen LogP contribution is 2.23. The monoisotopic (exact) mass is 274 g/mol. The fourth-order valence-corrected chi connectivity index (χ4v) is 2.57. The first-order valence-corrected chi connectivity index (χ1v) is 7.96. The third kappa shape index (κ3) is 3.97. The van der Waals surface area contributed by atoms with E-state index in [1.807, 2.05) is 0 Å². The molecule has 1 aromatic carbocycles. The van der Waals surface area contributed by atoms with Gasteiger partial charge >= 0.3 is 0 Å². The molecule has 2 saturated carbocycles. The molecular weight excluding hydrogens is 248 g/mol. The first-order chi connectivity index (χ1) is 9.81. The predicted octanol–water partition coefficient (Wildman–Crippen LogP) is 2.80. The van der Waals surface area contributed by atoms with Gasteiger partial charge in [0.15, 0.2) is 0 Å². The molecule has 0 unspecified atom stereocenters. The topological polar surface area (TPSA) is 24.5 Å². The minimum absolute atomic E-state index is 0.771. The first kappa shape index (κ1) is 13.9. The highest BCUT2D eigenvalue weighted by atomic mass is 16.5. The third-order valence-electron chi connectivity index (χ3n) is 4.51. The van der Waals surface area contributed by atoms with Crippen LogP contribution in [0.15, 0.2) is 24.3 Å². The summed E-state index contributed by atoms with van der Waals surface area (Å²) >= 11 is 0. The molecule has 3 rings (SSSR count). The van der Waals surface area contributed by atoms with E-state index in [1.54, 1.807) is 0 Å². The maximum absolute atomic E-state index is 5.83. The van der Waals surface area contributed by atoms with Gasteiger partial charge in [0.25, 0.3) is 0 Å². The number of nitrogens with zero attached hydrogens (tertiary/aromatic N) is 1. The van der Waals surface area contributed by atoms with E-state index in [9.17, 15) is 0 Å². The number of ether oxygens (including phenoxy) is 1. The first-order valence-electron chi connectivity index (χ1n) is 7.96. The molecule has 3 heteroatoms. The van der Waals surface area contributed by atoms with Crippen molar-refractivity contribution in [2.75, 3.05) is 20.2 Å². The zero-order valence-electron chi connectivity index (χ0n) is 12.5. The van der Waals surface area contributed by atoms with E-state index < -0.39 is 0 Å². The van der Waals surface area contributed by atoms with E-state index in [4.69, 9.17) is 4.74 Å². The Hall–Kier alpha value is -1.06. The van der Waals surface area contributed by atoms with Crippen LogP contribution in [0.1, 0.15) is 37.7 Å². The van der Waals surface area contributed by atoms with Crippen molar-refractivity contribution in [3.05, 3.63) is 29.8 Å². The molecule has 0 amide bonds. The number of likely N-dealkylation sites (N-methyl/N-ethyl adjacent to an activating group) is 1. The highest BCUT2D eigenvalue weighted by molar-refractivity contribution is 5.27. The molecule has 3 nitrogen and oxygen atoms in total. The molecule has 0 spiro atoms. The second-order valence-corrected chi connectivity index (χ2v) is 6.21. The van der Waals surface area contributed by atoms with Crippen molar-refractivity contribution in [2.24, 2.45) is 0 Å². The number of benzene rings is 1. The fraction of sp³-hybridized carbons (Fsp3) is 0.647. The van der Waals surface area contributed by atoms with Crippen molar-refractivity contribution in [3.8, 4) is 5.75 Å². The van der Waals surface area contributed by atoms with E-state index in [0.29, 0.717) is 0 Å². The lowest BCUT2D eigenvalue weighted by atomic mass is 9.92. The van der Waals surface area contributed by atoms with E-state index in [2.05, 4.69) is 41.5 Å². The van der Waals surface area contributed by atoms with Crippen LogP contribution < -0.4 is 10.1 Å². The van der Waals surface area contributed by atoms with Crippen LogP contribution in [0.3, 0.4) is 0 Å². The molecule has 2 aliphatic rings. The van der Waals surface area contributed by atoms with Crippen LogP contribution >= 0.6 is 0 Å². The molecule has 20 heavy (non-hydrogen) atoms. The predicted molar refractivity (Wildman–Crippen MR) is 82.1 cm³/mol. The van der Waals surface area contributed by atoms with Crippen molar-refractivity contribution < 1.29 is 4.74 Å². The molecular formula is C17H26N2O. The lowest BCUT2D eigenvalue weighted by molar-refractivity contribution is 0.135. The summed E-state index contributed by atoms with van der Waals surface area (Å²) in [6.45, 7) is 2.79. The molecule has 2 fully saturated rings. The van der Waals surface area contributed by atoms with Crippen LogP contribution in [0.2, 0.25) is 0 Å². The zero-order valence-corrected chi connectivity index (χ0v) is 12.5. The Labute approximate surface area is 122 Å². The normalized spacial score (nSPS) is 19.1. The standard InChI is InChI=1S/C17H26N2O/c1-19(16-3-2-4-16)11-12-20-17-9-5-14(6-10-17)13-18-15-7-8-15/h5-6,9-10,15-16,18H,2-4,7-8,11-13H2,1H3. The van der Waals surface area contributed by atoms with E-state index in [-0.39, 0.29) is 0 Å². The van der Waals surface area contributed by atoms with Crippen LogP contribution in [0.25, 0.3) is 0 Å². The summed E-state index contributed by atoms with van der Waals surface area (Å²) in [4.78, 5) is 2.43. The average Bonchev–Trinajstić information content (AvgIpc) is 3.20. The quantitative estimate of drug-likeness (QED) is 0.789. The van der Waals surface area contributed by atoms with Gasteiger partial charge in [-0.15, -0.1) is 0 Å². The molecule has 2 aliphatic carbocycles. The average molecular weight is 274 g/mol. The second-order valence-electron chi connectivity index (χ2n) is 6.21. The molecule has 0 radical (unpaired) electrons. The Balaban J connectivity index is 1.36. The van der Waals surface area contributed by atoms with Gasteiger partial charge in [-0.3, -0.25) is 0 Å². The summed E-state index contributed by atoms with van der Waals surface area (Å²) in [7, 11) is 2.21. The van der Waals surface area contributed by atoms with Gasteiger partial charge in [-0.25, -0.2) is 0 Å². The van der Waals surface area contributed by atoms with Gasteiger partial charge in [0, 0.05) is 25.2 Å². The fourth-order valence-electron chi connectivity index (χ4n) is 2.57. The van der Waals surface area contributed by atoms with Crippen molar-refractivity contribution in [1.29, 1.82) is 0 Å². The largest absolute Gasteiger partial charge is 0.492 e. The molecule has 0 aromatic heterocycles. The molecule has 1 aromatic rings. The smallest absolute Gasteiger partial charge is 0.119 e. The third-order valence-corrected chi connectivity index (χ3v) is 4.51. The number of nitrogens with one attached hydrogen (secondary N) is 1. The van der Waals surface area contributed by atoms with Gasteiger partial charge in [-0.05, 0) is 50.4 Å². The van der Waals surface area contributed by atoms with Gasteiger partial charge in [0.1, 0.15) is 12.4 Å². The van der Waals surface area contributed by atoms with Crippen molar-refractivity contribution in [3.63, 3.8) is 0 Å². The Kier molecular flexibility index (Phi) is 4.58. The van der Waals surface area contributed by atoms with Crippen molar-refractivity contribution >= 4 is 0 Å². The molecule has 0 aliphatic heterocycles.